The quantitative estimate of drug-likeness (QED) is 0.769. The summed E-state index contributed by atoms with van der Waals surface area (Å²) in [4.78, 5) is 0. The summed E-state index contributed by atoms with van der Waals surface area (Å²) in [5.41, 5.74) is 0.889. The summed E-state index contributed by atoms with van der Waals surface area (Å²) in [6.07, 6.45) is 1.37. The summed E-state index contributed by atoms with van der Waals surface area (Å²) in [6.45, 7) is 0. The van der Waals surface area contributed by atoms with Crippen LogP contribution in [0.25, 0.3) is 11.3 Å². The highest BCUT2D eigenvalue weighted by atomic mass is 19.1. The van der Waals surface area contributed by atoms with E-state index in [4.69, 9.17) is 4.74 Å². The van der Waals surface area contributed by atoms with E-state index in [1.807, 2.05) is 0 Å². The van der Waals surface area contributed by atoms with Gasteiger partial charge >= 0.3 is 0 Å². The second-order valence-electron chi connectivity index (χ2n) is 4.33. The SMILES string of the molecule is Oc1ccccc1-c1[nH]ncc1Oc1cc(F)cc(F)c1. The van der Waals surface area contributed by atoms with Crippen molar-refractivity contribution in [3.63, 3.8) is 0 Å². The van der Waals surface area contributed by atoms with Crippen LogP contribution in [-0.2, 0) is 0 Å². The molecule has 0 saturated carbocycles. The normalized spacial score (nSPS) is 10.6. The molecule has 106 valence electrons. The van der Waals surface area contributed by atoms with Crippen LogP contribution in [0, 0.1) is 11.6 Å². The Morgan fingerprint density at radius 2 is 1.76 bits per heavy atom. The lowest BCUT2D eigenvalue weighted by atomic mass is 10.1. The van der Waals surface area contributed by atoms with Crippen molar-refractivity contribution in [3.05, 3.63) is 60.3 Å². The number of aromatic amines is 1. The summed E-state index contributed by atoms with van der Waals surface area (Å²) in [6, 6.07) is 9.48. The third kappa shape index (κ3) is 2.69. The molecule has 4 nitrogen and oxygen atoms in total. The van der Waals surface area contributed by atoms with Gasteiger partial charge in [-0.25, -0.2) is 8.78 Å². The number of aromatic hydroxyl groups is 1. The van der Waals surface area contributed by atoms with Gasteiger partial charge in [-0.2, -0.15) is 5.10 Å². The van der Waals surface area contributed by atoms with Crippen molar-refractivity contribution in [1.82, 2.24) is 10.2 Å². The van der Waals surface area contributed by atoms with Crippen LogP contribution < -0.4 is 4.74 Å². The highest BCUT2D eigenvalue weighted by Gasteiger charge is 2.14. The lowest BCUT2D eigenvalue weighted by Crippen LogP contribution is -1.89. The fourth-order valence-electron chi connectivity index (χ4n) is 1.94. The summed E-state index contributed by atoms with van der Waals surface area (Å²) >= 11 is 0. The number of rotatable bonds is 3. The molecular weight excluding hydrogens is 278 g/mol. The largest absolute Gasteiger partial charge is 0.507 e. The Morgan fingerprint density at radius 3 is 2.48 bits per heavy atom. The summed E-state index contributed by atoms with van der Waals surface area (Å²) in [5, 5.41) is 16.4. The first-order valence-electron chi connectivity index (χ1n) is 6.09. The Morgan fingerprint density at radius 1 is 1.05 bits per heavy atom. The van der Waals surface area contributed by atoms with Crippen molar-refractivity contribution in [1.29, 1.82) is 0 Å². The molecule has 0 aliphatic carbocycles. The summed E-state index contributed by atoms with van der Waals surface area (Å²) < 4.78 is 31.8. The number of aromatic nitrogens is 2. The molecule has 3 rings (SSSR count). The minimum Gasteiger partial charge on any atom is -0.507 e. The third-order valence-corrected chi connectivity index (χ3v) is 2.84. The Balaban J connectivity index is 1.98. The molecule has 0 atom stereocenters. The van der Waals surface area contributed by atoms with Gasteiger partial charge in [-0.05, 0) is 12.1 Å². The Kier molecular flexibility index (Phi) is 3.27. The van der Waals surface area contributed by atoms with Crippen LogP contribution in [0.3, 0.4) is 0 Å². The first kappa shape index (κ1) is 13.1. The van der Waals surface area contributed by atoms with Crippen LogP contribution in [0.15, 0.2) is 48.7 Å². The van der Waals surface area contributed by atoms with Gasteiger partial charge in [0.25, 0.3) is 0 Å². The first-order chi connectivity index (χ1) is 10.1. The van der Waals surface area contributed by atoms with Gasteiger partial charge in [0.1, 0.15) is 28.8 Å². The van der Waals surface area contributed by atoms with E-state index < -0.39 is 11.6 Å². The average molecular weight is 288 g/mol. The maximum atomic E-state index is 13.2. The molecule has 1 aromatic heterocycles. The lowest BCUT2D eigenvalue weighted by Gasteiger charge is -2.07. The topological polar surface area (TPSA) is 58.1 Å². The number of phenolic OH excluding ortho intramolecular Hbond substituents is 1. The van der Waals surface area contributed by atoms with Crippen molar-refractivity contribution in [2.24, 2.45) is 0 Å². The summed E-state index contributed by atoms with van der Waals surface area (Å²) in [7, 11) is 0. The average Bonchev–Trinajstić information content (AvgIpc) is 2.86. The molecule has 0 unspecified atom stereocenters. The van der Waals surface area contributed by atoms with E-state index in [2.05, 4.69) is 10.2 Å². The molecule has 0 bridgehead atoms. The Labute approximate surface area is 118 Å². The number of benzene rings is 2. The number of halogens is 2. The van der Waals surface area contributed by atoms with Crippen molar-refractivity contribution in [2.45, 2.75) is 0 Å². The first-order valence-corrected chi connectivity index (χ1v) is 6.09. The van der Waals surface area contributed by atoms with Crippen molar-refractivity contribution >= 4 is 0 Å². The van der Waals surface area contributed by atoms with E-state index in [-0.39, 0.29) is 17.2 Å². The molecular formula is C15H10F2N2O2. The zero-order valence-corrected chi connectivity index (χ0v) is 10.7. The van der Waals surface area contributed by atoms with Gasteiger partial charge in [0.2, 0.25) is 0 Å². The molecule has 2 N–H and O–H groups in total. The number of ether oxygens (including phenoxy) is 1. The zero-order chi connectivity index (χ0) is 14.8. The third-order valence-electron chi connectivity index (χ3n) is 2.84. The number of nitrogens with zero attached hydrogens (tertiary/aromatic N) is 1. The molecule has 6 heteroatoms. The van der Waals surface area contributed by atoms with Crippen LogP contribution in [0.4, 0.5) is 8.78 Å². The molecule has 0 fully saturated rings. The second-order valence-corrected chi connectivity index (χ2v) is 4.33. The molecule has 1 heterocycles. The molecule has 0 aliphatic rings. The van der Waals surface area contributed by atoms with Gasteiger partial charge in [0.15, 0.2) is 5.75 Å². The van der Waals surface area contributed by atoms with Gasteiger partial charge in [-0.1, -0.05) is 12.1 Å². The predicted octanol–water partition coefficient (Wildman–Crippen LogP) is 3.85. The molecule has 0 spiro atoms. The number of nitrogens with one attached hydrogen (secondary N) is 1. The molecule has 2 aromatic carbocycles. The highest BCUT2D eigenvalue weighted by molar-refractivity contribution is 5.71. The number of phenols is 1. The smallest absolute Gasteiger partial charge is 0.173 e. The summed E-state index contributed by atoms with van der Waals surface area (Å²) in [5.74, 6) is -1.18. The van der Waals surface area contributed by atoms with Crippen LogP contribution in [0.5, 0.6) is 17.2 Å². The van der Waals surface area contributed by atoms with Gasteiger partial charge in [-0.3, -0.25) is 5.10 Å². The number of H-pyrrole nitrogens is 1. The highest BCUT2D eigenvalue weighted by Crippen LogP contribution is 2.36. The van der Waals surface area contributed by atoms with E-state index in [9.17, 15) is 13.9 Å². The van der Waals surface area contributed by atoms with Crippen LogP contribution in [-0.4, -0.2) is 15.3 Å². The molecule has 0 amide bonds. The van der Waals surface area contributed by atoms with E-state index in [1.54, 1.807) is 18.2 Å². The fraction of sp³-hybridized carbons (Fsp3) is 0. The van der Waals surface area contributed by atoms with Gasteiger partial charge in [0.05, 0.1) is 6.20 Å². The van der Waals surface area contributed by atoms with E-state index in [0.29, 0.717) is 11.3 Å². The monoisotopic (exact) mass is 288 g/mol. The Bertz CT molecular complexity index is 767. The minimum absolute atomic E-state index is 0.00516. The molecule has 0 radical (unpaired) electrons. The second kappa shape index (κ2) is 5.24. The lowest BCUT2D eigenvalue weighted by molar-refractivity contribution is 0.465. The zero-order valence-electron chi connectivity index (χ0n) is 10.7. The maximum Gasteiger partial charge on any atom is 0.173 e. The van der Waals surface area contributed by atoms with Gasteiger partial charge in [0, 0.05) is 23.8 Å². The molecule has 0 saturated heterocycles. The molecule has 3 aromatic rings. The molecule has 0 aliphatic heterocycles. The van der Waals surface area contributed by atoms with Crippen molar-refractivity contribution in [3.8, 4) is 28.5 Å². The number of hydrogen-bond donors (Lipinski definition) is 2. The minimum atomic E-state index is -0.738. The fourth-order valence-corrected chi connectivity index (χ4v) is 1.94. The number of hydrogen-bond acceptors (Lipinski definition) is 3. The van der Waals surface area contributed by atoms with Crippen molar-refractivity contribution in [2.75, 3.05) is 0 Å². The van der Waals surface area contributed by atoms with E-state index in [1.165, 1.54) is 12.3 Å². The molecule has 21 heavy (non-hydrogen) atoms. The van der Waals surface area contributed by atoms with E-state index in [0.717, 1.165) is 18.2 Å². The predicted molar refractivity (Wildman–Crippen MR) is 72.1 cm³/mol. The van der Waals surface area contributed by atoms with Crippen molar-refractivity contribution < 1.29 is 18.6 Å². The van der Waals surface area contributed by atoms with Gasteiger partial charge in [-0.15, -0.1) is 0 Å². The Hall–Kier alpha value is -2.89. The van der Waals surface area contributed by atoms with E-state index >= 15 is 0 Å². The maximum absolute atomic E-state index is 13.2. The standard InChI is InChI=1S/C15H10F2N2O2/c16-9-5-10(17)7-11(6-9)21-14-8-18-19-15(14)12-3-1-2-4-13(12)20/h1-8,20H,(H,18,19). The van der Waals surface area contributed by atoms with Crippen LogP contribution >= 0.6 is 0 Å². The van der Waals surface area contributed by atoms with Crippen LogP contribution in [0.2, 0.25) is 0 Å². The van der Waals surface area contributed by atoms with Gasteiger partial charge < -0.3 is 9.84 Å². The van der Waals surface area contributed by atoms with Crippen LogP contribution in [0.1, 0.15) is 0 Å². The number of para-hydroxylation sites is 1.